The Morgan fingerprint density at radius 1 is 1.06 bits per heavy atom. The van der Waals surface area contributed by atoms with Crippen LogP contribution >= 0.6 is 0 Å². The van der Waals surface area contributed by atoms with Gasteiger partial charge in [0.2, 0.25) is 15.8 Å². The molecule has 166 valence electrons. The van der Waals surface area contributed by atoms with Crippen molar-refractivity contribution in [2.75, 3.05) is 13.1 Å². The predicted molar refractivity (Wildman–Crippen MR) is 112 cm³/mol. The number of nitrogens with zero attached hydrogens (tertiary/aromatic N) is 3. The number of sulfonamides is 1. The number of aromatic nitrogens is 2. The SMILES string of the molecule is Cc1ccc(C)c(S(=O)(=O)N2CCC(Cn3c(C(F)(F)F)nc4ccccc43)CC2)c1. The van der Waals surface area contributed by atoms with Crippen LogP contribution in [-0.2, 0) is 22.7 Å². The van der Waals surface area contributed by atoms with Crippen LogP contribution < -0.4 is 0 Å². The van der Waals surface area contributed by atoms with Crippen molar-refractivity contribution in [2.24, 2.45) is 5.92 Å². The minimum absolute atomic E-state index is 0.0660. The standard InChI is InChI=1S/C22H24F3N3O2S/c1-15-7-8-16(2)20(13-15)31(29,30)27-11-9-17(10-12-27)14-28-19-6-4-3-5-18(19)26-21(28)22(23,24)25/h3-8,13,17H,9-12,14H2,1-2H3. The van der Waals surface area contributed by atoms with E-state index in [9.17, 15) is 21.6 Å². The number of hydrogen-bond acceptors (Lipinski definition) is 3. The minimum Gasteiger partial charge on any atom is -0.320 e. The molecule has 5 nitrogen and oxygen atoms in total. The summed E-state index contributed by atoms with van der Waals surface area (Å²) in [7, 11) is -3.63. The highest BCUT2D eigenvalue weighted by atomic mass is 32.2. The van der Waals surface area contributed by atoms with Gasteiger partial charge in [0.25, 0.3) is 0 Å². The van der Waals surface area contributed by atoms with Crippen LogP contribution in [0.1, 0.15) is 29.8 Å². The molecule has 31 heavy (non-hydrogen) atoms. The van der Waals surface area contributed by atoms with Crippen molar-refractivity contribution in [3.63, 3.8) is 0 Å². The molecule has 0 saturated carbocycles. The van der Waals surface area contributed by atoms with Gasteiger partial charge in [-0.25, -0.2) is 13.4 Å². The largest absolute Gasteiger partial charge is 0.449 e. The Morgan fingerprint density at radius 3 is 2.42 bits per heavy atom. The maximum atomic E-state index is 13.5. The number of piperidine rings is 1. The first kappa shape index (κ1) is 21.8. The van der Waals surface area contributed by atoms with Gasteiger partial charge >= 0.3 is 6.18 Å². The van der Waals surface area contributed by atoms with Crippen molar-refractivity contribution in [1.82, 2.24) is 13.9 Å². The summed E-state index contributed by atoms with van der Waals surface area (Å²) >= 11 is 0. The van der Waals surface area contributed by atoms with Crippen LogP contribution in [-0.4, -0.2) is 35.4 Å². The molecule has 0 atom stereocenters. The number of rotatable bonds is 4. The summed E-state index contributed by atoms with van der Waals surface area (Å²) in [6, 6.07) is 11.9. The molecule has 0 unspecified atom stereocenters. The average Bonchev–Trinajstić information content (AvgIpc) is 3.09. The van der Waals surface area contributed by atoms with Crippen LogP contribution in [0.2, 0.25) is 0 Å². The van der Waals surface area contributed by atoms with Crippen molar-refractivity contribution in [3.05, 3.63) is 59.4 Å². The molecule has 1 saturated heterocycles. The van der Waals surface area contributed by atoms with E-state index >= 15 is 0 Å². The topological polar surface area (TPSA) is 55.2 Å². The summed E-state index contributed by atoms with van der Waals surface area (Å²) in [6.45, 7) is 4.34. The molecule has 1 aliphatic heterocycles. The van der Waals surface area contributed by atoms with Crippen LogP contribution in [0.25, 0.3) is 11.0 Å². The average molecular weight is 452 g/mol. The Hall–Kier alpha value is -2.39. The smallest absolute Gasteiger partial charge is 0.320 e. The molecule has 0 spiro atoms. The van der Waals surface area contributed by atoms with E-state index in [1.807, 2.05) is 13.0 Å². The van der Waals surface area contributed by atoms with Crippen molar-refractivity contribution in [1.29, 1.82) is 0 Å². The fourth-order valence-corrected chi connectivity index (χ4v) is 5.97. The number of para-hydroxylation sites is 2. The lowest BCUT2D eigenvalue weighted by Crippen LogP contribution is -2.39. The Balaban J connectivity index is 1.54. The predicted octanol–water partition coefficient (Wildman–Crippen LogP) is 4.77. The van der Waals surface area contributed by atoms with Gasteiger partial charge in [0.05, 0.1) is 15.9 Å². The molecule has 0 aliphatic carbocycles. The number of hydrogen-bond donors (Lipinski definition) is 0. The number of alkyl halides is 3. The number of halogens is 3. The van der Waals surface area contributed by atoms with E-state index in [1.165, 1.54) is 8.87 Å². The zero-order valence-corrected chi connectivity index (χ0v) is 18.2. The van der Waals surface area contributed by atoms with Gasteiger partial charge in [-0.15, -0.1) is 0 Å². The molecule has 2 heterocycles. The van der Waals surface area contributed by atoms with Crippen molar-refractivity contribution < 1.29 is 21.6 Å². The second-order valence-corrected chi connectivity index (χ2v) is 10.1. The summed E-state index contributed by atoms with van der Waals surface area (Å²) in [5.41, 5.74) is 2.31. The van der Waals surface area contributed by atoms with Crippen LogP contribution in [0.5, 0.6) is 0 Å². The molecule has 2 aromatic carbocycles. The molecule has 0 bridgehead atoms. The molecule has 3 aromatic rings. The van der Waals surface area contributed by atoms with Crippen molar-refractivity contribution >= 4 is 21.1 Å². The quantitative estimate of drug-likeness (QED) is 0.574. The first-order chi connectivity index (χ1) is 14.6. The van der Waals surface area contributed by atoms with Crippen LogP contribution in [0, 0.1) is 19.8 Å². The van der Waals surface area contributed by atoms with Crippen molar-refractivity contribution in [2.45, 2.75) is 44.3 Å². The molecule has 1 fully saturated rings. The zero-order chi connectivity index (χ0) is 22.4. The third kappa shape index (κ3) is 4.21. The molecule has 9 heteroatoms. The van der Waals surface area contributed by atoms with Crippen molar-refractivity contribution in [3.8, 4) is 0 Å². The third-order valence-electron chi connectivity index (χ3n) is 5.88. The molecule has 0 radical (unpaired) electrons. The van der Waals surface area contributed by atoms with Gasteiger partial charge in [0.1, 0.15) is 0 Å². The van der Waals surface area contributed by atoms with Crippen LogP contribution in [0.3, 0.4) is 0 Å². The van der Waals surface area contributed by atoms with Gasteiger partial charge in [-0.2, -0.15) is 17.5 Å². The summed E-state index contributed by atoms with van der Waals surface area (Å²) in [5, 5.41) is 0. The second-order valence-electron chi connectivity index (χ2n) is 8.15. The molecule has 0 N–H and O–H groups in total. The highest BCUT2D eigenvalue weighted by Crippen LogP contribution is 2.34. The monoisotopic (exact) mass is 451 g/mol. The highest BCUT2D eigenvalue weighted by molar-refractivity contribution is 7.89. The molecule has 0 amide bonds. The number of imidazole rings is 1. The number of aryl methyl sites for hydroxylation is 2. The Bertz CT molecular complexity index is 1210. The van der Waals surface area contributed by atoms with E-state index in [4.69, 9.17) is 0 Å². The molecule has 1 aromatic heterocycles. The zero-order valence-electron chi connectivity index (χ0n) is 17.4. The van der Waals surface area contributed by atoms with Gasteiger partial charge in [-0.3, -0.25) is 0 Å². The normalized spacial score (nSPS) is 16.8. The highest BCUT2D eigenvalue weighted by Gasteiger charge is 2.38. The summed E-state index contributed by atoms with van der Waals surface area (Å²) in [6.07, 6.45) is -3.56. The van der Waals surface area contributed by atoms with Gasteiger partial charge in [-0.05, 0) is 61.9 Å². The third-order valence-corrected chi connectivity index (χ3v) is 7.92. The summed E-state index contributed by atoms with van der Waals surface area (Å²) < 4.78 is 69.5. The Morgan fingerprint density at radius 2 is 1.74 bits per heavy atom. The van der Waals surface area contributed by atoms with Gasteiger partial charge in [0.15, 0.2) is 0 Å². The summed E-state index contributed by atoms with van der Waals surface area (Å²) in [5.74, 6) is -0.970. The second kappa shape index (κ2) is 7.94. The number of benzene rings is 2. The maximum absolute atomic E-state index is 13.5. The Labute approximate surface area is 179 Å². The van der Waals surface area contributed by atoms with E-state index < -0.39 is 22.0 Å². The maximum Gasteiger partial charge on any atom is 0.449 e. The van der Waals surface area contributed by atoms with Gasteiger partial charge in [-0.1, -0.05) is 24.3 Å². The van der Waals surface area contributed by atoms with E-state index in [2.05, 4.69) is 4.98 Å². The lowest BCUT2D eigenvalue weighted by atomic mass is 9.98. The molecular weight excluding hydrogens is 427 g/mol. The lowest BCUT2D eigenvalue weighted by molar-refractivity contribution is -0.147. The summed E-state index contributed by atoms with van der Waals surface area (Å²) in [4.78, 5) is 4.09. The van der Waals surface area contributed by atoms with Crippen LogP contribution in [0.4, 0.5) is 13.2 Å². The van der Waals surface area contributed by atoms with E-state index in [0.717, 1.165) is 5.56 Å². The minimum atomic E-state index is -4.55. The molecule has 4 rings (SSSR count). The first-order valence-electron chi connectivity index (χ1n) is 10.2. The Kier molecular flexibility index (Phi) is 5.59. The van der Waals surface area contributed by atoms with Gasteiger partial charge in [0, 0.05) is 19.6 Å². The number of fused-ring (bicyclic) bond motifs is 1. The molecule has 1 aliphatic rings. The van der Waals surface area contributed by atoms with E-state index in [0.29, 0.717) is 34.3 Å². The van der Waals surface area contributed by atoms with E-state index in [-0.39, 0.29) is 25.6 Å². The fraction of sp³-hybridized carbons (Fsp3) is 0.409. The lowest BCUT2D eigenvalue weighted by Gasteiger charge is -2.32. The first-order valence-corrected chi connectivity index (χ1v) is 11.6. The van der Waals surface area contributed by atoms with Crippen LogP contribution in [0.15, 0.2) is 47.4 Å². The fourth-order valence-electron chi connectivity index (χ4n) is 4.19. The molecular formula is C22H24F3N3O2S. The van der Waals surface area contributed by atoms with Gasteiger partial charge < -0.3 is 4.57 Å². The van der Waals surface area contributed by atoms with E-state index in [1.54, 1.807) is 43.3 Å².